The van der Waals surface area contributed by atoms with E-state index in [-0.39, 0.29) is 11.5 Å². The molecule has 0 atom stereocenters. The highest BCUT2D eigenvalue weighted by Crippen LogP contribution is 2.40. The van der Waals surface area contributed by atoms with Crippen molar-refractivity contribution in [2.75, 3.05) is 14.2 Å². The van der Waals surface area contributed by atoms with Crippen molar-refractivity contribution in [3.8, 4) is 23.0 Å². The van der Waals surface area contributed by atoms with Crippen LogP contribution in [0.3, 0.4) is 0 Å². The largest absolute Gasteiger partial charge is 0.497 e. The van der Waals surface area contributed by atoms with Gasteiger partial charge in [0.2, 0.25) is 5.78 Å². The molecule has 0 unspecified atom stereocenters. The van der Waals surface area contributed by atoms with Crippen molar-refractivity contribution in [3.63, 3.8) is 0 Å². The van der Waals surface area contributed by atoms with Crippen LogP contribution in [0.2, 0.25) is 10.0 Å². The molecule has 7 heteroatoms. The molecular weight excluding hydrogens is 451 g/mol. The summed E-state index contributed by atoms with van der Waals surface area (Å²) >= 11 is 12.0. The minimum Gasteiger partial charge on any atom is -0.497 e. The number of ketones is 1. The molecule has 0 saturated carbocycles. The van der Waals surface area contributed by atoms with Crippen molar-refractivity contribution in [2.45, 2.75) is 13.5 Å². The summed E-state index contributed by atoms with van der Waals surface area (Å²) in [6.07, 6.45) is 1.66. The number of Topliss-reactive ketones (excluding diaryl/α,β-unsaturated/α-hetero) is 1. The zero-order chi connectivity index (χ0) is 22.8. The van der Waals surface area contributed by atoms with E-state index < -0.39 is 0 Å². The Labute approximate surface area is 196 Å². The molecule has 0 spiro atoms. The van der Waals surface area contributed by atoms with Gasteiger partial charge in [-0.15, -0.1) is 0 Å². The van der Waals surface area contributed by atoms with Crippen LogP contribution >= 0.6 is 23.2 Å². The summed E-state index contributed by atoms with van der Waals surface area (Å²) in [7, 11) is 3.14. The number of allylic oxidation sites excluding steroid dienone is 1. The van der Waals surface area contributed by atoms with E-state index in [2.05, 4.69) is 0 Å². The molecule has 1 heterocycles. The molecular formula is C25H20Cl2O5. The maximum absolute atomic E-state index is 12.9. The quantitative estimate of drug-likeness (QED) is 0.384. The van der Waals surface area contributed by atoms with Crippen LogP contribution in [0.1, 0.15) is 27.0 Å². The number of hydrogen-bond donors (Lipinski definition) is 0. The summed E-state index contributed by atoms with van der Waals surface area (Å²) in [5.74, 6) is 2.36. The minimum atomic E-state index is -0.197. The van der Waals surface area contributed by atoms with Gasteiger partial charge in [0.15, 0.2) is 5.76 Å². The number of methoxy groups -OCH3 is 2. The van der Waals surface area contributed by atoms with Crippen molar-refractivity contribution in [1.82, 2.24) is 0 Å². The molecule has 32 heavy (non-hydrogen) atoms. The van der Waals surface area contributed by atoms with Gasteiger partial charge in [-0.1, -0.05) is 29.3 Å². The Morgan fingerprint density at radius 3 is 2.47 bits per heavy atom. The highest BCUT2D eigenvalue weighted by atomic mass is 35.5. The number of carbonyl (C=O) groups excluding carboxylic acids is 1. The molecule has 1 aliphatic rings. The van der Waals surface area contributed by atoms with Gasteiger partial charge in [-0.2, -0.15) is 0 Å². The number of fused-ring (bicyclic) bond motifs is 1. The molecule has 3 aromatic carbocycles. The normalized spacial score (nSPS) is 13.7. The molecule has 0 fully saturated rings. The zero-order valence-electron chi connectivity index (χ0n) is 17.7. The predicted octanol–water partition coefficient (Wildman–Crippen LogP) is 6.51. The minimum absolute atomic E-state index is 0.197. The topological polar surface area (TPSA) is 54.0 Å². The third kappa shape index (κ3) is 4.27. The third-order valence-corrected chi connectivity index (χ3v) is 5.88. The molecule has 0 N–H and O–H groups in total. The molecule has 0 saturated heterocycles. The molecule has 0 aliphatic carbocycles. The number of ether oxygens (including phenoxy) is 4. The predicted molar refractivity (Wildman–Crippen MR) is 124 cm³/mol. The monoisotopic (exact) mass is 470 g/mol. The molecule has 3 aromatic rings. The number of rotatable bonds is 6. The lowest BCUT2D eigenvalue weighted by Gasteiger charge is -2.12. The summed E-state index contributed by atoms with van der Waals surface area (Å²) in [4.78, 5) is 12.9. The van der Waals surface area contributed by atoms with Crippen LogP contribution in [-0.2, 0) is 6.61 Å². The first-order valence-electron chi connectivity index (χ1n) is 9.78. The van der Waals surface area contributed by atoms with E-state index in [1.807, 2.05) is 19.1 Å². The van der Waals surface area contributed by atoms with E-state index in [0.717, 1.165) is 11.1 Å². The molecule has 0 radical (unpaired) electrons. The van der Waals surface area contributed by atoms with Gasteiger partial charge in [0.05, 0.1) is 29.8 Å². The van der Waals surface area contributed by atoms with Crippen LogP contribution in [0, 0.1) is 6.92 Å². The van der Waals surface area contributed by atoms with Crippen LogP contribution in [0.5, 0.6) is 23.0 Å². The fourth-order valence-corrected chi connectivity index (χ4v) is 3.71. The third-order valence-electron chi connectivity index (χ3n) is 5.14. The van der Waals surface area contributed by atoms with E-state index in [0.29, 0.717) is 50.8 Å². The lowest BCUT2D eigenvalue weighted by Crippen LogP contribution is -1.99. The molecule has 4 rings (SSSR count). The molecule has 164 valence electrons. The van der Waals surface area contributed by atoms with Crippen LogP contribution in [-0.4, -0.2) is 20.0 Å². The zero-order valence-corrected chi connectivity index (χ0v) is 19.2. The Morgan fingerprint density at radius 1 is 0.938 bits per heavy atom. The first-order valence-corrected chi connectivity index (χ1v) is 10.5. The number of hydrogen-bond acceptors (Lipinski definition) is 5. The molecule has 0 bridgehead atoms. The Hall–Kier alpha value is -3.15. The van der Waals surface area contributed by atoms with Crippen LogP contribution in [0.4, 0.5) is 0 Å². The van der Waals surface area contributed by atoms with Crippen LogP contribution in [0.25, 0.3) is 6.08 Å². The van der Waals surface area contributed by atoms with E-state index in [1.165, 1.54) is 0 Å². The Balaban J connectivity index is 1.58. The van der Waals surface area contributed by atoms with Gasteiger partial charge in [0, 0.05) is 17.2 Å². The summed E-state index contributed by atoms with van der Waals surface area (Å²) in [6, 6.07) is 14.2. The summed E-state index contributed by atoms with van der Waals surface area (Å²) in [6.45, 7) is 2.16. The molecule has 1 aliphatic heterocycles. The Morgan fingerprint density at radius 2 is 1.75 bits per heavy atom. The SMILES string of the molecule is COc1ccc(/C=C2\Oc3c(ccc(OCc4ccc(Cl)c(Cl)c4)c3C)C2=O)c(OC)c1. The first kappa shape index (κ1) is 22.1. The van der Waals surface area contributed by atoms with Crippen LogP contribution in [0.15, 0.2) is 54.3 Å². The Kier molecular flexibility index (Phi) is 6.31. The van der Waals surface area contributed by atoms with E-state index >= 15 is 0 Å². The van der Waals surface area contributed by atoms with E-state index in [1.54, 1.807) is 56.7 Å². The lowest BCUT2D eigenvalue weighted by atomic mass is 10.1. The Bertz CT molecular complexity index is 1230. The van der Waals surface area contributed by atoms with Gasteiger partial charge in [-0.3, -0.25) is 4.79 Å². The summed E-state index contributed by atoms with van der Waals surface area (Å²) < 4.78 is 22.5. The number of halogens is 2. The van der Waals surface area contributed by atoms with Crippen molar-refractivity contribution < 1.29 is 23.7 Å². The van der Waals surface area contributed by atoms with Gasteiger partial charge in [-0.25, -0.2) is 0 Å². The van der Waals surface area contributed by atoms with E-state index in [9.17, 15) is 4.79 Å². The molecule has 0 amide bonds. The van der Waals surface area contributed by atoms with Gasteiger partial charge < -0.3 is 18.9 Å². The average Bonchev–Trinajstić information content (AvgIpc) is 3.12. The van der Waals surface area contributed by atoms with Gasteiger partial charge >= 0.3 is 0 Å². The van der Waals surface area contributed by atoms with Gasteiger partial charge in [0.1, 0.15) is 29.6 Å². The fraction of sp³-hybridized carbons (Fsp3) is 0.160. The number of benzene rings is 3. The van der Waals surface area contributed by atoms with Crippen LogP contribution < -0.4 is 18.9 Å². The number of carbonyl (C=O) groups is 1. The van der Waals surface area contributed by atoms with Crippen molar-refractivity contribution in [3.05, 3.63) is 86.6 Å². The van der Waals surface area contributed by atoms with Crippen molar-refractivity contribution in [2.24, 2.45) is 0 Å². The molecule has 5 nitrogen and oxygen atoms in total. The highest BCUT2D eigenvalue weighted by molar-refractivity contribution is 6.42. The maximum Gasteiger partial charge on any atom is 0.231 e. The maximum atomic E-state index is 12.9. The second kappa shape index (κ2) is 9.15. The van der Waals surface area contributed by atoms with Gasteiger partial charge in [-0.05, 0) is 55.0 Å². The lowest BCUT2D eigenvalue weighted by molar-refractivity contribution is 0.101. The van der Waals surface area contributed by atoms with E-state index in [4.69, 9.17) is 42.1 Å². The summed E-state index contributed by atoms with van der Waals surface area (Å²) in [5.41, 5.74) is 2.81. The molecule has 0 aromatic heterocycles. The second-order valence-electron chi connectivity index (χ2n) is 7.15. The van der Waals surface area contributed by atoms with Gasteiger partial charge in [0.25, 0.3) is 0 Å². The fourth-order valence-electron chi connectivity index (χ4n) is 3.39. The average molecular weight is 471 g/mol. The standard InChI is InChI=1S/C25H20Cl2O5/c1-14-21(31-13-15-4-8-19(26)20(27)10-15)9-7-18-24(28)23(32-25(14)18)11-16-5-6-17(29-2)12-22(16)30-3/h4-12H,13H2,1-3H3/b23-11-. The smallest absolute Gasteiger partial charge is 0.231 e. The van der Waals surface area contributed by atoms with Crippen molar-refractivity contribution in [1.29, 1.82) is 0 Å². The second-order valence-corrected chi connectivity index (χ2v) is 7.96. The summed E-state index contributed by atoms with van der Waals surface area (Å²) in [5, 5.41) is 0.958. The highest BCUT2D eigenvalue weighted by Gasteiger charge is 2.30. The van der Waals surface area contributed by atoms with Crippen molar-refractivity contribution >= 4 is 35.1 Å². The first-order chi connectivity index (χ1) is 15.4.